The summed E-state index contributed by atoms with van der Waals surface area (Å²) in [5, 5.41) is 23.4. The number of hydrogen-bond donors (Lipinski definition) is 0. The fourth-order valence-corrected chi connectivity index (χ4v) is 22.4. The molecule has 0 spiro atoms. The van der Waals surface area contributed by atoms with E-state index in [1.54, 1.807) is 0 Å². The first-order valence-electron chi connectivity index (χ1n) is 51.5. The quantitative estimate of drug-likeness (QED) is 0.133. The minimum atomic E-state index is -0.423. The van der Waals surface area contributed by atoms with Crippen LogP contribution >= 0.6 is 11.3 Å². The maximum Gasteiger partial charge on any atom is 0.495 e. The summed E-state index contributed by atoms with van der Waals surface area (Å²) in [5.74, 6) is 0. The molecule has 14 nitrogen and oxygen atoms in total. The van der Waals surface area contributed by atoms with Crippen LogP contribution in [0.25, 0.3) is 195 Å². The molecule has 5 saturated heterocycles. The van der Waals surface area contributed by atoms with Crippen molar-refractivity contribution in [3.63, 3.8) is 0 Å². The van der Waals surface area contributed by atoms with Gasteiger partial charge in [-0.1, -0.05) is 297 Å². The molecule has 0 unspecified atom stereocenters. The van der Waals surface area contributed by atoms with Crippen molar-refractivity contribution in [3.05, 3.63) is 346 Å². The number of fused-ring (bicyclic) bond motifs is 25. The van der Waals surface area contributed by atoms with E-state index in [0.29, 0.717) is 0 Å². The van der Waals surface area contributed by atoms with Crippen LogP contribution in [0, 0.1) is 0 Å². The zero-order valence-electron chi connectivity index (χ0n) is 87.4. The van der Waals surface area contributed by atoms with Crippen molar-refractivity contribution in [3.8, 4) is 33.4 Å². The fourth-order valence-electron chi connectivity index (χ4n) is 21.2. The Morgan fingerprint density at radius 2 is 0.527 bits per heavy atom. The van der Waals surface area contributed by atoms with Gasteiger partial charge in [0, 0.05) is 90.4 Å². The lowest BCUT2D eigenvalue weighted by molar-refractivity contribution is 0.00578. The summed E-state index contributed by atoms with van der Waals surface area (Å²) in [6, 6.07) is 121. The molecule has 5 aliphatic rings. The van der Waals surface area contributed by atoms with Gasteiger partial charge in [-0.25, -0.2) is 0 Å². The molecule has 0 radical (unpaired) electrons. The number of hydrogen-bond acceptors (Lipinski definition) is 15. The van der Waals surface area contributed by atoms with Crippen molar-refractivity contribution < 1.29 is 64.2 Å². The van der Waals surface area contributed by atoms with Crippen LogP contribution in [0.4, 0.5) is 0 Å². The first-order chi connectivity index (χ1) is 70.7. The van der Waals surface area contributed by atoms with Crippen molar-refractivity contribution >= 4 is 236 Å². The Morgan fingerprint density at radius 3 is 1.04 bits per heavy atom. The van der Waals surface area contributed by atoms with Crippen LogP contribution in [0.5, 0.6) is 0 Å². The first-order valence-corrected chi connectivity index (χ1v) is 52.3. The number of benzene rings is 18. The summed E-state index contributed by atoms with van der Waals surface area (Å²) in [6.07, 6.45) is 0. The zero-order chi connectivity index (χ0) is 102. The van der Waals surface area contributed by atoms with E-state index in [4.69, 9.17) is 64.2 Å². The summed E-state index contributed by atoms with van der Waals surface area (Å²) in [7, 11) is -1.86. The summed E-state index contributed by atoms with van der Waals surface area (Å²) in [6.45, 7) is 41.7. The number of thiophene rings is 1. The van der Waals surface area contributed by atoms with Gasteiger partial charge in [0.2, 0.25) is 0 Å². The second-order valence-corrected chi connectivity index (χ2v) is 46.2. The summed E-state index contributed by atoms with van der Waals surface area (Å²) >= 11 is 1.85. The molecule has 23 aromatic rings. The van der Waals surface area contributed by atoms with Crippen molar-refractivity contribution in [1.29, 1.82) is 0 Å². The van der Waals surface area contributed by atoms with Gasteiger partial charge in [0.15, 0.2) is 0 Å². The maximum atomic E-state index is 6.49. The largest absolute Gasteiger partial charge is 0.495 e. The number of para-hydroxylation sites is 3. The van der Waals surface area contributed by atoms with E-state index < -0.39 is 7.12 Å². The lowest BCUT2D eigenvalue weighted by atomic mass is 9.75. The van der Waals surface area contributed by atoms with E-state index in [2.05, 4.69) is 442 Å². The summed E-state index contributed by atoms with van der Waals surface area (Å²) in [5.41, 5.74) is 15.8. The molecule has 20 heteroatoms. The van der Waals surface area contributed by atoms with Gasteiger partial charge in [-0.05, 0) is 274 Å². The van der Waals surface area contributed by atoms with E-state index >= 15 is 0 Å². The molecule has 0 N–H and O–H groups in total. The third-order valence-corrected chi connectivity index (χ3v) is 34.4. The van der Waals surface area contributed by atoms with Gasteiger partial charge in [-0.15, -0.1) is 11.3 Å². The third kappa shape index (κ3) is 16.5. The standard InChI is InChI=1S/3C28H25BO3.C22H21BO3.C22H21BO2S/c1-27(2)28(3,4)32-29(31-27)20-15-13-18(14-16-20)23-17-19-9-5-6-10-21(19)26-25(23)22-11-7-8-12-24(22)30-26;1-27(2)28(3,4)32-29(31-27)21-10-7-9-19(16-21)20-13-14-23-24-15-12-18-8-5-6-11-22(18)26(24)30-25(23)17-20;1-27(2)28(3,4)32-29(31-27)20-15-12-19(13-16-20)22-10-7-11-23-24-17-14-18-8-5-6-9-21(18)26(24)30-25(22)23;1-21(2)22(3,4)26-23(25-21)17-13-14-9-5-6-10-15(14)20-19(17)16-11-7-8-12-18(16)24-20;1-21(2)22(3,4)25-23(24-21)17-10-7-11-18-19(17)16-13-12-14-8-5-6-9-15(14)20(16)26-18/h3*5-17H,1-4H3;2*5-13H,1-4H3. The van der Waals surface area contributed by atoms with E-state index in [-0.39, 0.29) is 84.5 Å². The van der Waals surface area contributed by atoms with E-state index in [1.165, 1.54) is 52.7 Å². The molecule has 148 heavy (non-hydrogen) atoms. The van der Waals surface area contributed by atoms with Crippen molar-refractivity contribution in [2.24, 2.45) is 0 Å². The molecular formula is C128H117B5O14S. The van der Waals surface area contributed by atoms with E-state index in [0.717, 1.165) is 170 Å². The second kappa shape index (κ2) is 35.7. The first kappa shape index (κ1) is 96.7. The minimum Gasteiger partial charge on any atom is -0.455 e. The lowest BCUT2D eigenvalue weighted by Gasteiger charge is -2.32. The number of rotatable bonds is 8. The Balaban J connectivity index is 0.0000000991. The van der Waals surface area contributed by atoms with Crippen LogP contribution in [-0.2, 0) is 46.5 Å². The zero-order valence-corrected chi connectivity index (χ0v) is 88.2. The van der Waals surface area contributed by atoms with Crippen LogP contribution in [0.15, 0.2) is 363 Å². The summed E-state index contributed by atoms with van der Waals surface area (Å²) < 4.78 is 90.9. The van der Waals surface area contributed by atoms with Crippen molar-refractivity contribution in [2.45, 2.75) is 194 Å². The van der Waals surface area contributed by atoms with Crippen molar-refractivity contribution in [1.82, 2.24) is 0 Å². The van der Waals surface area contributed by atoms with Gasteiger partial charge in [0.25, 0.3) is 0 Å². The molecular weight excluding hydrogens is 1850 g/mol. The van der Waals surface area contributed by atoms with Gasteiger partial charge in [-0.2, -0.15) is 0 Å². The van der Waals surface area contributed by atoms with Crippen LogP contribution in [0.2, 0.25) is 0 Å². The smallest absolute Gasteiger partial charge is 0.455 e. The maximum absolute atomic E-state index is 6.49. The minimum absolute atomic E-state index is 0.335. The Bertz CT molecular complexity index is 9140. The van der Waals surface area contributed by atoms with E-state index in [9.17, 15) is 0 Å². The molecule has 0 aliphatic carbocycles. The van der Waals surface area contributed by atoms with Gasteiger partial charge in [-0.3, -0.25) is 0 Å². The van der Waals surface area contributed by atoms with E-state index in [1.807, 2.05) is 53.8 Å². The molecule has 0 atom stereocenters. The topological polar surface area (TPSA) is 145 Å². The Kier molecular flexibility index (Phi) is 23.3. The normalized spacial score (nSPS) is 18.1. The Labute approximate surface area is 867 Å². The molecule has 18 aromatic carbocycles. The van der Waals surface area contributed by atoms with Crippen LogP contribution in [0.3, 0.4) is 0 Å². The van der Waals surface area contributed by atoms with Gasteiger partial charge < -0.3 is 64.2 Å². The second-order valence-electron chi connectivity index (χ2n) is 45.2. The molecule has 5 aromatic heterocycles. The Hall–Kier alpha value is -13.4. The SMILES string of the molecule is CC1(C)OB(c2cc3ccccc3c3oc4ccccc4c23)OC1(C)C.CC1(C)OB(c2ccc(-c3cc4ccccc4c4oc5ccccc5c34)cc2)OC1(C)C.CC1(C)OB(c2ccc(-c3cccc4c3oc3c5ccccc5ccc43)cc2)OC1(C)C.CC1(C)OB(c2cccc(-c3ccc4c(c3)oc3c5ccccc5ccc43)c2)OC1(C)C.CC1(C)OB(c2cccc3sc4c5ccccc5ccc4c23)OC1(C)C. The lowest BCUT2D eigenvalue weighted by Crippen LogP contribution is -2.41. The van der Waals surface area contributed by atoms with Gasteiger partial charge in [0.1, 0.15) is 44.7 Å². The van der Waals surface area contributed by atoms with Gasteiger partial charge in [0.05, 0.1) is 56.0 Å². The molecule has 0 saturated carbocycles. The highest BCUT2D eigenvalue weighted by Crippen LogP contribution is 2.49. The molecule has 0 amide bonds. The van der Waals surface area contributed by atoms with Crippen LogP contribution in [0.1, 0.15) is 138 Å². The highest BCUT2D eigenvalue weighted by atomic mass is 32.1. The van der Waals surface area contributed by atoms with Gasteiger partial charge >= 0.3 is 35.6 Å². The molecule has 10 heterocycles. The molecule has 5 aliphatic heterocycles. The summed E-state index contributed by atoms with van der Waals surface area (Å²) in [4.78, 5) is 0. The Morgan fingerprint density at radius 1 is 0.182 bits per heavy atom. The highest BCUT2D eigenvalue weighted by molar-refractivity contribution is 7.27. The fraction of sp³-hybridized carbons (Fsp3) is 0.234. The number of furan rings is 4. The predicted molar refractivity (Wildman–Crippen MR) is 617 cm³/mol. The molecule has 5 fully saturated rings. The van der Waals surface area contributed by atoms with Crippen molar-refractivity contribution in [2.75, 3.05) is 0 Å². The molecule has 734 valence electrons. The molecule has 0 bridgehead atoms. The third-order valence-electron chi connectivity index (χ3n) is 33.2. The average molecular weight is 1970 g/mol. The monoisotopic (exact) mass is 1960 g/mol. The highest BCUT2D eigenvalue weighted by Gasteiger charge is 2.57. The average Bonchev–Trinajstić information content (AvgIpc) is 1.58. The van der Waals surface area contributed by atoms with Crippen LogP contribution in [-0.4, -0.2) is 91.6 Å². The predicted octanol–water partition coefficient (Wildman–Crippen LogP) is 30.7. The molecule has 28 rings (SSSR count). The van der Waals surface area contributed by atoms with Crippen LogP contribution < -0.4 is 27.3 Å².